The molecule has 0 atom stereocenters. The lowest BCUT2D eigenvalue weighted by Gasteiger charge is -2.32. The van der Waals surface area contributed by atoms with Gasteiger partial charge in [0.15, 0.2) is 5.90 Å². The largest absolute Gasteiger partial charge is 0.493 e. The number of anilines is 1. The Morgan fingerprint density at radius 2 is 1.74 bits per heavy atom. The highest BCUT2D eigenvalue weighted by Gasteiger charge is 2.22. The van der Waals surface area contributed by atoms with Gasteiger partial charge in [0.25, 0.3) is 0 Å². The van der Waals surface area contributed by atoms with Gasteiger partial charge in [0.2, 0.25) is 11.8 Å². The second-order valence-corrected chi connectivity index (χ2v) is 8.88. The molecule has 34 heavy (non-hydrogen) atoms. The minimum Gasteiger partial charge on any atom is -0.493 e. The third kappa shape index (κ3) is 6.71. The number of piperidine rings is 1. The van der Waals surface area contributed by atoms with Crippen LogP contribution in [-0.4, -0.2) is 41.5 Å². The van der Waals surface area contributed by atoms with Crippen LogP contribution in [0.4, 0.5) is 14.7 Å². The van der Waals surface area contributed by atoms with Gasteiger partial charge in [-0.3, -0.25) is 10.8 Å². The Hall–Kier alpha value is -3.10. The number of hydrogen-bond donors (Lipinski definition) is 2. The molecule has 0 bridgehead atoms. The minimum atomic E-state index is -0.946. The Morgan fingerprint density at radius 3 is 2.29 bits per heavy atom. The molecule has 1 aliphatic rings. The molecule has 2 heterocycles. The molecule has 1 aromatic carbocycles. The van der Waals surface area contributed by atoms with Gasteiger partial charge in [-0.2, -0.15) is 0 Å². The van der Waals surface area contributed by atoms with Crippen molar-refractivity contribution in [2.24, 2.45) is 11.8 Å². The summed E-state index contributed by atoms with van der Waals surface area (Å²) in [5.74, 6) is -1.70. The molecule has 0 unspecified atom stereocenters. The zero-order valence-electron chi connectivity index (χ0n) is 20.0. The first kappa shape index (κ1) is 25.5. The maximum atomic E-state index is 14.4. The predicted molar refractivity (Wildman–Crippen MR) is 128 cm³/mol. The lowest BCUT2D eigenvalue weighted by atomic mass is 9.92. The van der Waals surface area contributed by atoms with Gasteiger partial charge >= 0.3 is 0 Å². The van der Waals surface area contributed by atoms with Crippen LogP contribution >= 0.6 is 0 Å². The Bertz CT molecular complexity index is 966. The molecule has 1 aromatic heterocycles. The van der Waals surface area contributed by atoms with Crippen molar-refractivity contribution in [2.75, 3.05) is 24.6 Å². The number of benzene rings is 1. The third-order valence-corrected chi connectivity index (χ3v) is 6.00. The fourth-order valence-electron chi connectivity index (χ4n) is 3.81. The minimum absolute atomic E-state index is 0.0768. The van der Waals surface area contributed by atoms with Crippen LogP contribution in [-0.2, 0) is 11.2 Å². The second-order valence-electron chi connectivity index (χ2n) is 8.88. The standard InChI is InChI=1S/C25H33F2N5O2/c1-4-17-14-30-25(31-15-17)32-9-7-18(8-10-32)6-5-11-33-19-12-20(26)22(21(27)13-19)24(29)34-23(28)16(2)3/h12-16,18,28-29H,4-11H2,1-3H3. The van der Waals surface area contributed by atoms with Gasteiger partial charge in [-0.05, 0) is 43.6 Å². The molecular weight excluding hydrogens is 440 g/mol. The molecule has 3 rings (SSSR count). The van der Waals surface area contributed by atoms with Crippen molar-refractivity contribution in [1.82, 2.24) is 9.97 Å². The second kappa shape index (κ2) is 11.9. The van der Waals surface area contributed by atoms with E-state index < -0.39 is 23.1 Å². The van der Waals surface area contributed by atoms with Crippen LogP contribution in [0.1, 0.15) is 57.6 Å². The molecule has 0 aliphatic carbocycles. The van der Waals surface area contributed by atoms with Crippen LogP contribution in [0.15, 0.2) is 24.5 Å². The molecular formula is C25H33F2N5O2. The number of halogens is 2. The summed E-state index contributed by atoms with van der Waals surface area (Å²) in [6, 6.07) is 2.11. The Balaban J connectivity index is 1.42. The average Bonchev–Trinajstić information content (AvgIpc) is 2.82. The van der Waals surface area contributed by atoms with E-state index in [1.807, 2.05) is 12.4 Å². The van der Waals surface area contributed by atoms with Crippen molar-refractivity contribution in [2.45, 2.75) is 52.9 Å². The van der Waals surface area contributed by atoms with Gasteiger partial charge in [-0.1, -0.05) is 20.8 Å². The summed E-state index contributed by atoms with van der Waals surface area (Å²) in [5, 5.41) is 15.4. The van der Waals surface area contributed by atoms with Crippen molar-refractivity contribution in [3.8, 4) is 5.75 Å². The van der Waals surface area contributed by atoms with Crippen LogP contribution in [0.2, 0.25) is 0 Å². The summed E-state index contributed by atoms with van der Waals surface area (Å²) in [4.78, 5) is 11.1. The van der Waals surface area contributed by atoms with E-state index in [4.69, 9.17) is 20.3 Å². The molecule has 2 N–H and O–H groups in total. The summed E-state index contributed by atoms with van der Waals surface area (Å²) < 4.78 is 39.3. The molecule has 0 radical (unpaired) electrons. The fourth-order valence-corrected chi connectivity index (χ4v) is 3.81. The predicted octanol–water partition coefficient (Wildman–Crippen LogP) is 5.37. The van der Waals surface area contributed by atoms with E-state index in [0.717, 1.165) is 68.8 Å². The molecule has 1 fully saturated rings. The molecule has 184 valence electrons. The lowest BCUT2D eigenvalue weighted by Crippen LogP contribution is -2.35. The van der Waals surface area contributed by atoms with Crippen molar-refractivity contribution in [3.63, 3.8) is 0 Å². The summed E-state index contributed by atoms with van der Waals surface area (Å²) >= 11 is 0. The van der Waals surface area contributed by atoms with Crippen LogP contribution in [0.25, 0.3) is 0 Å². The number of nitrogens with one attached hydrogen (secondary N) is 2. The number of rotatable bonds is 9. The molecule has 9 heteroatoms. The van der Waals surface area contributed by atoms with Crippen LogP contribution in [0.5, 0.6) is 5.75 Å². The first-order valence-corrected chi connectivity index (χ1v) is 11.8. The van der Waals surface area contributed by atoms with Gasteiger partial charge in [0.05, 0.1) is 6.61 Å². The Labute approximate surface area is 199 Å². The van der Waals surface area contributed by atoms with E-state index in [0.29, 0.717) is 12.5 Å². The lowest BCUT2D eigenvalue weighted by molar-refractivity contribution is 0.277. The van der Waals surface area contributed by atoms with E-state index in [9.17, 15) is 8.78 Å². The molecule has 0 saturated carbocycles. The van der Waals surface area contributed by atoms with Gasteiger partial charge in [-0.25, -0.2) is 18.7 Å². The summed E-state index contributed by atoms with van der Waals surface area (Å²) in [7, 11) is 0. The molecule has 0 spiro atoms. The number of ether oxygens (including phenoxy) is 2. The molecule has 2 aromatic rings. The van der Waals surface area contributed by atoms with E-state index >= 15 is 0 Å². The maximum Gasteiger partial charge on any atom is 0.226 e. The maximum absolute atomic E-state index is 14.4. The highest BCUT2D eigenvalue weighted by molar-refractivity contribution is 6.00. The van der Waals surface area contributed by atoms with E-state index in [1.165, 1.54) is 0 Å². The van der Waals surface area contributed by atoms with E-state index in [2.05, 4.69) is 21.8 Å². The Kier molecular flexibility index (Phi) is 8.90. The highest BCUT2D eigenvalue weighted by Crippen LogP contribution is 2.25. The van der Waals surface area contributed by atoms with Crippen molar-refractivity contribution >= 4 is 17.7 Å². The van der Waals surface area contributed by atoms with Crippen molar-refractivity contribution < 1.29 is 18.3 Å². The highest BCUT2D eigenvalue weighted by atomic mass is 19.1. The Morgan fingerprint density at radius 1 is 1.12 bits per heavy atom. The number of hydrogen-bond acceptors (Lipinski definition) is 7. The van der Waals surface area contributed by atoms with Crippen LogP contribution in [0, 0.1) is 34.3 Å². The van der Waals surface area contributed by atoms with Crippen molar-refractivity contribution in [3.05, 3.63) is 47.3 Å². The monoisotopic (exact) mass is 473 g/mol. The zero-order chi connectivity index (χ0) is 24.7. The van der Waals surface area contributed by atoms with E-state index in [1.54, 1.807) is 13.8 Å². The summed E-state index contributed by atoms with van der Waals surface area (Å²) in [6.45, 7) is 7.66. The fraction of sp³-hybridized carbons (Fsp3) is 0.520. The van der Waals surface area contributed by atoms with E-state index in [-0.39, 0.29) is 17.6 Å². The average molecular weight is 474 g/mol. The molecule has 7 nitrogen and oxygen atoms in total. The van der Waals surface area contributed by atoms with Crippen LogP contribution in [0.3, 0.4) is 0 Å². The SMILES string of the molecule is CCc1cnc(N2CCC(CCCOc3cc(F)c(C(=N)OC(=N)C(C)C)c(F)c3)CC2)nc1. The number of aromatic nitrogens is 2. The third-order valence-electron chi connectivity index (χ3n) is 6.00. The first-order valence-electron chi connectivity index (χ1n) is 11.8. The first-order chi connectivity index (χ1) is 16.3. The van der Waals surface area contributed by atoms with Crippen molar-refractivity contribution in [1.29, 1.82) is 10.8 Å². The molecule has 0 amide bonds. The summed E-state index contributed by atoms with van der Waals surface area (Å²) in [5.41, 5.74) is 0.532. The van der Waals surface area contributed by atoms with Gasteiger partial charge in [0.1, 0.15) is 22.9 Å². The molecule has 1 saturated heterocycles. The topological polar surface area (TPSA) is 95.2 Å². The summed E-state index contributed by atoms with van der Waals surface area (Å²) in [6.07, 6.45) is 8.54. The smallest absolute Gasteiger partial charge is 0.226 e. The van der Waals surface area contributed by atoms with Gasteiger partial charge < -0.3 is 14.4 Å². The zero-order valence-corrected chi connectivity index (χ0v) is 20.0. The van der Waals surface area contributed by atoms with Crippen LogP contribution < -0.4 is 9.64 Å². The number of aryl methyl sites for hydroxylation is 1. The molecule has 1 aliphatic heterocycles. The van der Waals surface area contributed by atoms with Gasteiger partial charge in [-0.15, -0.1) is 0 Å². The normalized spacial score (nSPS) is 14.4. The van der Waals surface area contributed by atoms with Gasteiger partial charge in [0, 0.05) is 43.5 Å². The quantitative estimate of drug-likeness (QED) is 0.290. The number of nitrogens with zero attached hydrogens (tertiary/aromatic N) is 3.